The van der Waals surface area contributed by atoms with Gasteiger partial charge < -0.3 is 20.3 Å². The summed E-state index contributed by atoms with van der Waals surface area (Å²) in [5, 5.41) is 21.2. The highest BCUT2D eigenvalue weighted by molar-refractivity contribution is 5.99. The lowest BCUT2D eigenvalue weighted by molar-refractivity contribution is -0.641. The van der Waals surface area contributed by atoms with Crippen LogP contribution in [-0.4, -0.2) is 53.1 Å². The smallest absolute Gasteiger partial charge is 0.337 e. The Labute approximate surface area is 255 Å². The number of aryl methyl sites for hydroxylation is 1. The van der Waals surface area contributed by atoms with Gasteiger partial charge in [-0.1, -0.05) is 42.8 Å². The molecule has 0 fully saturated rings. The summed E-state index contributed by atoms with van der Waals surface area (Å²) in [6, 6.07) is 16.6. The molecule has 11 nitrogen and oxygen atoms in total. The Morgan fingerprint density at radius 2 is 1.43 bits per heavy atom. The van der Waals surface area contributed by atoms with E-state index in [1.807, 2.05) is 50.2 Å². The SMILES string of the molecule is COC(=O)c1ccc(C(=O)N[n+]2ccc(-c3ccc(CCC[C@H](CC(=O)O)C(=O)N[C@@H](CC(C)C)C(=O)O)cc3)cc2)cc1. The van der Waals surface area contributed by atoms with Gasteiger partial charge in [-0.05, 0) is 72.6 Å². The van der Waals surface area contributed by atoms with Crippen molar-refractivity contribution in [1.82, 2.24) is 5.32 Å². The second-order valence-corrected chi connectivity index (χ2v) is 10.9. The van der Waals surface area contributed by atoms with Gasteiger partial charge in [0, 0.05) is 23.6 Å². The standard InChI is InChI=1S/C33H37N3O8/c1-21(2)19-28(32(41)42)34-30(39)27(20-29(37)38)6-4-5-22-7-9-23(10-8-22)24-15-17-36(18-16-24)35-31(40)25-11-13-26(14-12-25)33(43)44-3/h7-18,21,27-28H,4-6,19-20H2,1-3H3,(H3-,34,35,37,38,39,40,41,42)/p+1/t27-,28+/m1/s1. The van der Waals surface area contributed by atoms with Crippen LogP contribution < -0.4 is 15.4 Å². The van der Waals surface area contributed by atoms with Crippen molar-refractivity contribution in [2.75, 3.05) is 12.5 Å². The quantitative estimate of drug-likeness (QED) is 0.150. The molecule has 0 aliphatic heterocycles. The zero-order chi connectivity index (χ0) is 32.2. The third kappa shape index (κ3) is 10.0. The lowest BCUT2D eigenvalue weighted by Crippen LogP contribution is -2.47. The number of methoxy groups -OCH3 is 1. The van der Waals surface area contributed by atoms with Crippen LogP contribution in [0.2, 0.25) is 0 Å². The van der Waals surface area contributed by atoms with Crippen molar-refractivity contribution in [3.05, 3.63) is 89.7 Å². The second-order valence-electron chi connectivity index (χ2n) is 10.9. The summed E-state index contributed by atoms with van der Waals surface area (Å²) in [4.78, 5) is 59.8. The highest BCUT2D eigenvalue weighted by atomic mass is 16.5. The number of hydrogen-bond acceptors (Lipinski definition) is 6. The molecule has 1 heterocycles. The molecule has 0 radical (unpaired) electrons. The number of carbonyl (C=O) groups excluding carboxylic acids is 3. The summed E-state index contributed by atoms with van der Waals surface area (Å²) in [6.45, 7) is 3.71. The molecule has 1 aromatic heterocycles. The Morgan fingerprint density at radius 3 is 1.98 bits per heavy atom. The van der Waals surface area contributed by atoms with E-state index >= 15 is 0 Å². The minimum Gasteiger partial charge on any atom is -0.481 e. The van der Waals surface area contributed by atoms with Crippen LogP contribution in [0.5, 0.6) is 0 Å². The maximum absolute atomic E-state index is 12.7. The minimum absolute atomic E-state index is 0.0555. The van der Waals surface area contributed by atoms with Crippen LogP contribution in [0.1, 0.15) is 65.8 Å². The van der Waals surface area contributed by atoms with Crippen LogP contribution in [-0.2, 0) is 25.5 Å². The number of ether oxygens (including phenoxy) is 1. The van der Waals surface area contributed by atoms with E-state index in [0.717, 1.165) is 16.7 Å². The predicted octanol–water partition coefficient (Wildman–Crippen LogP) is 3.84. The van der Waals surface area contributed by atoms with E-state index in [1.54, 1.807) is 24.5 Å². The molecule has 0 saturated carbocycles. The fourth-order valence-corrected chi connectivity index (χ4v) is 4.69. The number of esters is 1. The van der Waals surface area contributed by atoms with Gasteiger partial charge in [0.15, 0.2) is 0 Å². The molecule has 0 saturated heterocycles. The molecule has 232 valence electrons. The number of carboxylic acids is 2. The molecular formula is C33H38N3O8+. The Morgan fingerprint density at radius 1 is 0.841 bits per heavy atom. The summed E-state index contributed by atoms with van der Waals surface area (Å²) in [5.74, 6) is -4.38. The molecule has 11 heteroatoms. The van der Waals surface area contributed by atoms with Gasteiger partial charge >= 0.3 is 23.8 Å². The Bertz CT molecular complexity index is 1450. The molecule has 0 aliphatic rings. The summed E-state index contributed by atoms with van der Waals surface area (Å²) >= 11 is 0. The van der Waals surface area contributed by atoms with Gasteiger partial charge in [-0.15, -0.1) is 5.43 Å². The number of amides is 2. The number of pyridine rings is 1. The molecule has 4 N–H and O–H groups in total. The molecule has 2 amide bonds. The topological polar surface area (TPSA) is 163 Å². The van der Waals surface area contributed by atoms with E-state index in [-0.39, 0.29) is 24.7 Å². The second kappa shape index (κ2) is 16.0. The number of nitrogens with one attached hydrogen (secondary N) is 2. The monoisotopic (exact) mass is 604 g/mol. The van der Waals surface area contributed by atoms with Crippen molar-refractivity contribution in [2.45, 2.75) is 52.0 Å². The number of aliphatic carboxylic acids is 2. The highest BCUT2D eigenvalue weighted by Gasteiger charge is 2.27. The number of aromatic nitrogens is 1. The van der Waals surface area contributed by atoms with E-state index < -0.39 is 35.8 Å². The van der Waals surface area contributed by atoms with Crippen molar-refractivity contribution in [1.29, 1.82) is 0 Å². The number of carboxylic acid groups (broad SMARTS) is 2. The van der Waals surface area contributed by atoms with Crippen LogP contribution >= 0.6 is 0 Å². The van der Waals surface area contributed by atoms with Crippen molar-refractivity contribution in [3.8, 4) is 11.1 Å². The zero-order valence-corrected chi connectivity index (χ0v) is 25.0. The Kier molecular flexibility index (Phi) is 12.1. The van der Waals surface area contributed by atoms with Crippen LogP contribution in [0, 0.1) is 11.8 Å². The molecule has 3 aromatic rings. The van der Waals surface area contributed by atoms with Gasteiger partial charge in [0.1, 0.15) is 6.04 Å². The third-order valence-corrected chi connectivity index (χ3v) is 7.05. The Balaban J connectivity index is 1.54. The van der Waals surface area contributed by atoms with Gasteiger partial charge in [0.2, 0.25) is 18.3 Å². The largest absolute Gasteiger partial charge is 0.481 e. The minimum atomic E-state index is -1.14. The predicted molar refractivity (Wildman–Crippen MR) is 161 cm³/mol. The van der Waals surface area contributed by atoms with Gasteiger partial charge in [0.25, 0.3) is 0 Å². The summed E-state index contributed by atoms with van der Waals surface area (Å²) in [7, 11) is 1.29. The van der Waals surface area contributed by atoms with E-state index in [9.17, 15) is 34.2 Å². The number of rotatable bonds is 15. The van der Waals surface area contributed by atoms with Crippen LogP contribution in [0.4, 0.5) is 0 Å². The fourth-order valence-electron chi connectivity index (χ4n) is 4.69. The molecule has 2 aromatic carbocycles. The number of benzene rings is 2. The van der Waals surface area contributed by atoms with Gasteiger partial charge in [-0.25, -0.2) is 9.59 Å². The number of nitrogens with zero attached hydrogens (tertiary/aromatic N) is 1. The summed E-state index contributed by atoms with van der Waals surface area (Å²) in [6.07, 6.45) is 4.82. The van der Waals surface area contributed by atoms with Gasteiger partial charge in [0.05, 0.1) is 19.1 Å². The van der Waals surface area contributed by atoms with Crippen molar-refractivity contribution in [3.63, 3.8) is 0 Å². The van der Waals surface area contributed by atoms with E-state index in [2.05, 4.69) is 15.5 Å². The van der Waals surface area contributed by atoms with E-state index in [0.29, 0.717) is 30.4 Å². The van der Waals surface area contributed by atoms with Crippen molar-refractivity contribution in [2.24, 2.45) is 11.8 Å². The lowest BCUT2D eigenvalue weighted by atomic mass is 9.94. The van der Waals surface area contributed by atoms with Gasteiger partial charge in [-0.3, -0.25) is 14.4 Å². The maximum atomic E-state index is 12.7. The first-order valence-electron chi connectivity index (χ1n) is 14.3. The molecule has 44 heavy (non-hydrogen) atoms. The first-order chi connectivity index (χ1) is 21.0. The first kappa shape index (κ1) is 33.4. The van der Waals surface area contributed by atoms with Crippen molar-refractivity contribution >= 4 is 29.7 Å². The van der Waals surface area contributed by atoms with Crippen LogP contribution in [0.3, 0.4) is 0 Å². The normalized spacial score (nSPS) is 12.2. The molecule has 0 bridgehead atoms. The zero-order valence-electron chi connectivity index (χ0n) is 25.0. The molecule has 0 aliphatic carbocycles. The van der Waals surface area contributed by atoms with Crippen LogP contribution in [0.15, 0.2) is 73.1 Å². The molecule has 2 atom stereocenters. The lowest BCUT2D eigenvalue weighted by Gasteiger charge is -2.20. The fraction of sp³-hybridized carbons (Fsp3) is 0.333. The molecule has 0 unspecified atom stereocenters. The third-order valence-electron chi connectivity index (χ3n) is 7.05. The average Bonchev–Trinajstić information content (AvgIpc) is 3.00. The molecular weight excluding hydrogens is 566 g/mol. The maximum Gasteiger partial charge on any atom is 0.337 e. The number of hydrogen-bond donors (Lipinski definition) is 4. The van der Waals surface area contributed by atoms with Crippen molar-refractivity contribution < 1.29 is 43.6 Å². The average molecular weight is 605 g/mol. The highest BCUT2D eigenvalue weighted by Crippen LogP contribution is 2.21. The van der Waals surface area contributed by atoms with E-state index in [4.69, 9.17) is 0 Å². The van der Waals surface area contributed by atoms with Gasteiger partial charge in [-0.2, -0.15) is 0 Å². The number of carbonyl (C=O) groups is 5. The molecule has 3 rings (SSSR count). The van der Waals surface area contributed by atoms with Crippen LogP contribution in [0.25, 0.3) is 11.1 Å². The Hall–Kier alpha value is -5.06. The first-order valence-corrected chi connectivity index (χ1v) is 14.3. The van der Waals surface area contributed by atoms with E-state index in [1.165, 1.54) is 23.9 Å². The summed E-state index contributed by atoms with van der Waals surface area (Å²) in [5.41, 5.74) is 6.39. The summed E-state index contributed by atoms with van der Waals surface area (Å²) < 4.78 is 6.19. The molecule has 0 spiro atoms.